The third-order valence-corrected chi connectivity index (χ3v) is 3.79. The highest BCUT2D eigenvalue weighted by molar-refractivity contribution is 7.02. The molecule has 2 aromatic carbocycles. The topological polar surface area (TPSA) is 0 Å². The monoisotopic (exact) mass is 186 g/mol. The number of benzene rings is 2. The first kappa shape index (κ1) is 8.36. The Hall–Kier alpha value is -0.244. The molecule has 56 valence electrons. The summed E-state index contributed by atoms with van der Waals surface area (Å²) >= 11 is -0.558. The lowest BCUT2D eigenvalue weighted by Crippen LogP contribution is -2.08. The van der Waals surface area contributed by atoms with Crippen LogP contribution in [0.25, 0.3) is 10.8 Å². The Kier molecular flexibility index (Phi) is 2.54. The first-order valence-corrected chi connectivity index (χ1v) is 6.79. The van der Waals surface area contributed by atoms with Gasteiger partial charge >= 0.3 is 19.3 Å². The SMILES string of the molecule is [Cl][Mg][c]1cccc2ccccc12. The summed E-state index contributed by atoms with van der Waals surface area (Å²) in [5.41, 5.74) is 0. The average Bonchev–Trinajstić information content (AvgIpc) is 2.17. The van der Waals surface area contributed by atoms with E-state index in [9.17, 15) is 0 Å². The van der Waals surface area contributed by atoms with E-state index < -0.39 is 19.3 Å². The highest BCUT2D eigenvalue weighted by Gasteiger charge is 1.99. The van der Waals surface area contributed by atoms with Crippen molar-refractivity contribution in [3.8, 4) is 0 Å². The molecule has 0 aliphatic rings. The van der Waals surface area contributed by atoms with Gasteiger partial charge in [-0.1, -0.05) is 42.5 Å². The van der Waals surface area contributed by atoms with Crippen molar-refractivity contribution in [3.63, 3.8) is 0 Å². The predicted octanol–water partition coefficient (Wildman–Crippen LogP) is 2.32. The first-order valence-electron chi connectivity index (χ1n) is 3.94. The largest absolute Gasteiger partial charge is 0.539 e. The van der Waals surface area contributed by atoms with Crippen LogP contribution in [0.4, 0.5) is 0 Å². The average molecular weight is 187 g/mol. The quantitative estimate of drug-likeness (QED) is 0.600. The molecule has 0 bridgehead atoms. The van der Waals surface area contributed by atoms with Crippen LogP contribution in [0.2, 0.25) is 0 Å². The molecule has 0 unspecified atom stereocenters. The molecular weight excluding hydrogens is 180 g/mol. The summed E-state index contributed by atoms with van der Waals surface area (Å²) in [5.74, 6) is 0. The molecule has 2 aromatic rings. The van der Waals surface area contributed by atoms with Gasteiger partial charge in [0.1, 0.15) is 0 Å². The molecular formula is C10H7ClMg. The van der Waals surface area contributed by atoms with Gasteiger partial charge in [0.15, 0.2) is 0 Å². The molecule has 0 nitrogen and oxygen atoms in total. The van der Waals surface area contributed by atoms with Crippen molar-refractivity contribution in [3.05, 3.63) is 42.5 Å². The van der Waals surface area contributed by atoms with Gasteiger partial charge in [-0.15, -0.1) is 3.69 Å². The molecule has 2 rings (SSSR count). The van der Waals surface area contributed by atoms with E-state index in [2.05, 4.69) is 42.5 Å². The molecule has 0 atom stereocenters. The van der Waals surface area contributed by atoms with Gasteiger partial charge in [0.05, 0.1) is 0 Å². The predicted molar refractivity (Wildman–Crippen MR) is 55.2 cm³/mol. The van der Waals surface area contributed by atoms with Crippen molar-refractivity contribution in [1.29, 1.82) is 0 Å². The first-order chi connectivity index (χ1) is 5.92. The Bertz CT molecular complexity index is 392. The van der Waals surface area contributed by atoms with Gasteiger partial charge in [-0.3, -0.25) is 0 Å². The van der Waals surface area contributed by atoms with Gasteiger partial charge < -0.3 is 9.07 Å². The van der Waals surface area contributed by atoms with Crippen LogP contribution >= 0.6 is 9.07 Å². The van der Waals surface area contributed by atoms with E-state index >= 15 is 0 Å². The number of rotatable bonds is 1. The molecule has 0 aromatic heterocycles. The highest BCUT2D eigenvalue weighted by Crippen LogP contribution is 2.10. The van der Waals surface area contributed by atoms with Crippen LogP contribution in [-0.4, -0.2) is 19.3 Å². The summed E-state index contributed by atoms with van der Waals surface area (Å²) in [6, 6.07) is 14.7. The Morgan fingerprint density at radius 3 is 2.50 bits per heavy atom. The van der Waals surface area contributed by atoms with Crippen LogP contribution in [0.3, 0.4) is 0 Å². The van der Waals surface area contributed by atoms with Gasteiger partial charge in [0.2, 0.25) is 0 Å². The summed E-state index contributed by atoms with van der Waals surface area (Å²) in [6.07, 6.45) is 0. The zero-order valence-electron chi connectivity index (χ0n) is 6.63. The van der Waals surface area contributed by atoms with Crippen LogP contribution in [-0.2, 0) is 0 Å². The third kappa shape index (κ3) is 1.44. The van der Waals surface area contributed by atoms with E-state index in [1.165, 1.54) is 14.5 Å². The van der Waals surface area contributed by atoms with E-state index in [0.717, 1.165) is 0 Å². The van der Waals surface area contributed by atoms with E-state index in [4.69, 9.17) is 9.07 Å². The maximum Gasteiger partial charge on any atom is 0.539 e. The van der Waals surface area contributed by atoms with Gasteiger partial charge in [-0.2, -0.15) is 0 Å². The fourth-order valence-corrected chi connectivity index (χ4v) is 2.80. The second kappa shape index (κ2) is 3.65. The van der Waals surface area contributed by atoms with Gasteiger partial charge in [0, 0.05) is 0 Å². The zero-order chi connectivity index (χ0) is 8.39. The van der Waals surface area contributed by atoms with Crippen LogP contribution in [0.5, 0.6) is 0 Å². The summed E-state index contributed by atoms with van der Waals surface area (Å²) in [5, 5.41) is 2.62. The fourth-order valence-electron chi connectivity index (χ4n) is 1.41. The lowest BCUT2D eigenvalue weighted by molar-refractivity contribution is 1.78. The van der Waals surface area contributed by atoms with Gasteiger partial charge in [-0.05, 0) is 10.8 Å². The number of halogens is 1. The van der Waals surface area contributed by atoms with Crippen LogP contribution in [0.1, 0.15) is 0 Å². The molecule has 0 aliphatic heterocycles. The lowest BCUT2D eigenvalue weighted by atomic mass is 10.1. The molecule has 12 heavy (non-hydrogen) atoms. The summed E-state index contributed by atoms with van der Waals surface area (Å²) < 4.78 is 1.34. The lowest BCUT2D eigenvalue weighted by Gasteiger charge is -2.01. The van der Waals surface area contributed by atoms with E-state index in [0.29, 0.717) is 0 Å². The molecule has 0 amide bonds. The molecule has 0 aliphatic carbocycles. The molecule has 0 spiro atoms. The van der Waals surface area contributed by atoms with E-state index in [-0.39, 0.29) is 0 Å². The number of hydrogen-bond acceptors (Lipinski definition) is 0. The molecule has 2 heteroatoms. The van der Waals surface area contributed by atoms with Crippen molar-refractivity contribution in [2.75, 3.05) is 0 Å². The van der Waals surface area contributed by atoms with E-state index in [1.807, 2.05) is 0 Å². The minimum Gasteiger partial charge on any atom is -0.336 e. The smallest absolute Gasteiger partial charge is 0.336 e. The second-order valence-electron chi connectivity index (χ2n) is 2.77. The zero-order valence-corrected chi connectivity index (χ0v) is 8.80. The summed E-state index contributed by atoms with van der Waals surface area (Å²) in [6.45, 7) is 0. The summed E-state index contributed by atoms with van der Waals surface area (Å²) in [4.78, 5) is 0. The third-order valence-electron chi connectivity index (χ3n) is 2.02. The number of hydrogen-bond donors (Lipinski definition) is 0. The maximum absolute atomic E-state index is 5.94. The maximum atomic E-state index is 5.94. The Balaban J connectivity index is 2.79. The Morgan fingerprint density at radius 1 is 0.917 bits per heavy atom. The highest BCUT2D eigenvalue weighted by atomic mass is 35.5. The van der Waals surface area contributed by atoms with Crippen molar-refractivity contribution >= 4 is 42.8 Å². The van der Waals surface area contributed by atoms with Crippen molar-refractivity contribution in [2.45, 2.75) is 0 Å². The Morgan fingerprint density at radius 2 is 1.67 bits per heavy atom. The van der Waals surface area contributed by atoms with Crippen LogP contribution < -0.4 is 3.69 Å². The number of fused-ring (bicyclic) bond motifs is 1. The standard InChI is InChI=1S/C10H7.ClH.Mg/c1-2-6-10-8-4-3-7-9(10)5-1;;/h1-7H;1H;/q;;+1/p-1. The molecule has 0 saturated carbocycles. The molecule has 0 radical (unpaired) electrons. The minimum atomic E-state index is -0.558. The molecule has 0 heterocycles. The van der Waals surface area contributed by atoms with Crippen LogP contribution in [0.15, 0.2) is 42.5 Å². The minimum absolute atomic E-state index is 0.558. The van der Waals surface area contributed by atoms with E-state index in [1.54, 1.807) is 0 Å². The normalized spacial score (nSPS) is 9.75. The van der Waals surface area contributed by atoms with Crippen molar-refractivity contribution in [2.24, 2.45) is 0 Å². The van der Waals surface area contributed by atoms with Crippen molar-refractivity contribution < 1.29 is 0 Å². The summed E-state index contributed by atoms with van der Waals surface area (Å²) in [7, 11) is 5.94. The van der Waals surface area contributed by atoms with Crippen molar-refractivity contribution in [1.82, 2.24) is 0 Å². The fraction of sp³-hybridized carbons (Fsp3) is 0. The Labute approximate surface area is 85.0 Å². The molecule has 0 saturated heterocycles. The van der Waals surface area contributed by atoms with Crippen LogP contribution in [0, 0.1) is 0 Å². The second-order valence-corrected chi connectivity index (χ2v) is 4.60. The van der Waals surface area contributed by atoms with Gasteiger partial charge in [0.25, 0.3) is 0 Å². The molecule has 0 N–H and O–H groups in total. The molecule has 0 fully saturated rings. The van der Waals surface area contributed by atoms with Gasteiger partial charge in [-0.25, -0.2) is 0 Å².